The van der Waals surface area contributed by atoms with Gasteiger partial charge in [0.25, 0.3) is 0 Å². The van der Waals surface area contributed by atoms with Crippen LogP contribution in [-0.2, 0) is 21.4 Å². The normalized spacial score (nSPS) is 14.8. The molecule has 0 atom stereocenters. The number of ether oxygens (including phenoxy) is 1. The van der Waals surface area contributed by atoms with E-state index in [4.69, 9.17) is 4.74 Å². The van der Waals surface area contributed by atoms with Crippen LogP contribution >= 0.6 is 11.8 Å². The van der Waals surface area contributed by atoms with Gasteiger partial charge in [0.2, 0.25) is 15.9 Å². The third-order valence-electron chi connectivity index (χ3n) is 6.31. The van der Waals surface area contributed by atoms with Crippen LogP contribution in [0, 0.1) is 6.92 Å². The Hall–Kier alpha value is -2.89. The molecule has 0 saturated carbocycles. The van der Waals surface area contributed by atoms with Gasteiger partial charge in [-0.1, -0.05) is 30.7 Å². The standard InChI is InChI=1S/C26H33N5O4S2/c1-4-31-25(20-10-12-21(13-11-20)37(33,34)30-15-7-5-6-8-16-30)28-29-26(31)36-18-24(32)27-22-17-19(2)9-14-23(22)35-3/h9-14,17H,4-8,15-16,18H2,1-3H3,(H,27,32). The van der Waals surface area contributed by atoms with Gasteiger partial charge in [0, 0.05) is 25.2 Å². The summed E-state index contributed by atoms with van der Waals surface area (Å²) in [6.07, 6.45) is 3.93. The van der Waals surface area contributed by atoms with E-state index in [1.807, 2.05) is 36.6 Å². The van der Waals surface area contributed by atoms with Crippen molar-refractivity contribution in [1.82, 2.24) is 19.1 Å². The maximum absolute atomic E-state index is 13.1. The molecule has 0 bridgehead atoms. The lowest BCUT2D eigenvalue weighted by Gasteiger charge is -2.20. The molecule has 1 aromatic heterocycles. The van der Waals surface area contributed by atoms with Gasteiger partial charge in [-0.25, -0.2) is 8.42 Å². The maximum Gasteiger partial charge on any atom is 0.243 e. The van der Waals surface area contributed by atoms with Crippen LogP contribution in [0.4, 0.5) is 5.69 Å². The molecule has 1 saturated heterocycles. The number of aromatic nitrogens is 3. The van der Waals surface area contributed by atoms with E-state index in [-0.39, 0.29) is 11.7 Å². The molecule has 2 heterocycles. The second kappa shape index (κ2) is 12.1. The van der Waals surface area contributed by atoms with Gasteiger partial charge < -0.3 is 14.6 Å². The first kappa shape index (κ1) is 27.2. The lowest BCUT2D eigenvalue weighted by Crippen LogP contribution is -2.31. The summed E-state index contributed by atoms with van der Waals surface area (Å²) in [6, 6.07) is 12.4. The monoisotopic (exact) mass is 543 g/mol. The number of aryl methyl sites for hydroxylation is 1. The van der Waals surface area contributed by atoms with Crippen LogP contribution in [-0.4, -0.2) is 59.3 Å². The van der Waals surface area contributed by atoms with E-state index in [1.54, 1.807) is 35.7 Å². The minimum atomic E-state index is -3.51. The van der Waals surface area contributed by atoms with Gasteiger partial charge >= 0.3 is 0 Å². The molecule has 1 fully saturated rings. The Morgan fingerprint density at radius 2 is 1.76 bits per heavy atom. The molecule has 1 aliphatic rings. The number of rotatable bonds is 9. The fourth-order valence-corrected chi connectivity index (χ4v) is 6.66. The fraction of sp³-hybridized carbons (Fsp3) is 0.423. The molecule has 3 aromatic rings. The van der Waals surface area contributed by atoms with Gasteiger partial charge in [-0.3, -0.25) is 4.79 Å². The van der Waals surface area contributed by atoms with Crippen molar-refractivity contribution in [2.75, 3.05) is 31.3 Å². The van der Waals surface area contributed by atoms with Gasteiger partial charge in [0.1, 0.15) is 5.75 Å². The number of carbonyl (C=O) groups excluding carboxylic acids is 1. The number of nitrogens with zero attached hydrogens (tertiary/aromatic N) is 4. The molecule has 1 aliphatic heterocycles. The number of nitrogens with one attached hydrogen (secondary N) is 1. The number of anilines is 1. The molecule has 1 N–H and O–H groups in total. The molecule has 0 radical (unpaired) electrons. The van der Waals surface area contributed by atoms with Crippen molar-refractivity contribution in [2.45, 2.75) is 56.1 Å². The summed E-state index contributed by atoms with van der Waals surface area (Å²) in [4.78, 5) is 12.9. The zero-order chi connectivity index (χ0) is 26.4. The summed E-state index contributed by atoms with van der Waals surface area (Å²) < 4.78 is 35.0. The van der Waals surface area contributed by atoms with Crippen LogP contribution < -0.4 is 10.1 Å². The first-order chi connectivity index (χ1) is 17.8. The summed E-state index contributed by atoms with van der Waals surface area (Å²) in [7, 11) is -1.95. The van der Waals surface area contributed by atoms with E-state index in [0.29, 0.717) is 46.9 Å². The second-order valence-corrected chi connectivity index (χ2v) is 11.8. The van der Waals surface area contributed by atoms with Gasteiger partial charge in [0.05, 0.1) is 23.4 Å². The first-order valence-corrected chi connectivity index (χ1v) is 14.9. The third kappa shape index (κ3) is 6.34. The van der Waals surface area contributed by atoms with Crippen molar-refractivity contribution in [1.29, 1.82) is 0 Å². The van der Waals surface area contributed by atoms with Gasteiger partial charge in [-0.2, -0.15) is 4.31 Å². The molecule has 0 unspecified atom stereocenters. The summed E-state index contributed by atoms with van der Waals surface area (Å²) in [5.41, 5.74) is 2.41. The van der Waals surface area contributed by atoms with Crippen LogP contribution in [0.1, 0.15) is 38.2 Å². The van der Waals surface area contributed by atoms with E-state index in [2.05, 4.69) is 15.5 Å². The molecule has 2 aromatic carbocycles. The molecular formula is C26H33N5O4S2. The molecule has 198 valence electrons. The molecule has 11 heteroatoms. The number of carbonyl (C=O) groups is 1. The highest BCUT2D eigenvalue weighted by atomic mass is 32.2. The Balaban J connectivity index is 1.45. The van der Waals surface area contributed by atoms with Crippen molar-refractivity contribution in [3.63, 3.8) is 0 Å². The molecule has 4 rings (SSSR count). The third-order valence-corrected chi connectivity index (χ3v) is 9.19. The van der Waals surface area contributed by atoms with E-state index >= 15 is 0 Å². The number of methoxy groups -OCH3 is 1. The Morgan fingerprint density at radius 1 is 1.05 bits per heavy atom. The van der Waals surface area contributed by atoms with Crippen LogP contribution in [0.3, 0.4) is 0 Å². The lowest BCUT2D eigenvalue weighted by atomic mass is 10.2. The average molecular weight is 544 g/mol. The van der Waals surface area contributed by atoms with Crippen LogP contribution in [0.5, 0.6) is 5.75 Å². The minimum absolute atomic E-state index is 0.155. The number of thioether (sulfide) groups is 1. The highest BCUT2D eigenvalue weighted by Crippen LogP contribution is 2.28. The predicted octanol–water partition coefficient (Wildman–Crippen LogP) is 4.58. The zero-order valence-electron chi connectivity index (χ0n) is 21.4. The minimum Gasteiger partial charge on any atom is -0.495 e. The highest BCUT2D eigenvalue weighted by Gasteiger charge is 2.25. The largest absolute Gasteiger partial charge is 0.495 e. The Morgan fingerprint density at radius 3 is 2.41 bits per heavy atom. The maximum atomic E-state index is 13.1. The molecule has 1 amide bonds. The van der Waals surface area contributed by atoms with Crippen LogP contribution in [0.15, 0.2) is 52.5 Å². The molecular weight excluding hydrogens is 510 g/mol. The quantitative estimate of drug-likeness (QED) is 0.394. The van der Waals surface area contributed by atoms with Crippen LogP contribution in [0.25, 0.3) is 11.4 Å². The van der Waals surface area contributed by atoms with Crippen molar-refractivity contribution in [2.24, 2.45) is 0 Å². The number of hydrogen-bond acceptors (Lipinski definition) is 7. The van der Waals surface area contributed by atoms with Crippen LogP contribution in [0.2, 0.25) is 0 Å². The second-order valence-electron chi connectivity index (χ2n) is 8.93. The Kier molecular flexibility index (Phi) is 8.88. The SMILES string of the molecule is CCn1c(SCC(=O)Nc2cc(C)ccc2OC)nnc1-c1ccc(S(=O)(=O)N2CCCCCC2)cc1. The molecule has 0 spiro atoms. The molecule has 0 aliphatic carbocycles. The summed E-state index contributed by atoms with van der Waals surface area (Å²) in [6.45, 7) is 5.67. The van der Waals surface area contributed by atoms with E-state index in [1.165, 1.54) is 11.8 Å². The first-order valence-electron chi connectivity index (χ1n) is 12.4. The van der Waals surface area contributed by atoms with Crippen molar-refractivity contribution < 1.29 is 17.9 Å². The fourth-order valence-electron chi connectivity index (χ4n) is 4.34. The summed E-state index contributed by atoms with van der Waals surface area (Å²) in [5, 5.41) is 12.1. The molecule has 37 heavy (non-hydrogen) atoms. The zero-order valence-corrected chi connectivity index (χ0v) is 23.1. The topological polar surface area (TPSA) is 106 Å². The average Bonchev–Trinajstić information content (AvgIpc) is 3.09. The Labute approximate surface area is 222 Å². The summed E-state index contributed by atoms with van der Waals surface area (Å²) in [5.74, 6) is 1.21. The lowest BCUT2D eigenvalue weighted by molar-refractivity contribution is -0.113. The van der Waals surface area contributed by atoms with Gasteiger partial charge in [-0.05, 0) is 68.7 Å². The number of amides is 1. The molecule has 9 nitrogen and oxygen atoms in total. The number of sulfonamides is 1. The smallest absolute Gasteiger partial charge is 0.243 e. The summed E-state index contributed by atoms with van der Waals surface area (Å²) >= 11 is 1.29. The van der Waals surface area contributed by atoms with Crippen molar-refractivity contribution in [3.05, 3.63) is 48.0 Å². The predicted molar refractivity (Wildman–Crippen MR) is 145 cm³/mol. The number of hydrogen-bond donors (Lipinski definition) is 1. The van der Waals surface area contributed by atoms with Crippen molar-refractivity contribution in [3.8, 4) is 17.1 Å². The number of benzene rings is 2. The van der Waals surface area contributed by atoms with Crippen molar-refractivity contribution >= 4 is 33.4 Å². The highest BCUT2D eigenvalue weighted by molar-refractivity contribution is 7.99. The van der Waals surface area contributed by atoms with Gasteiger partial charge in [0.15, 0.2) is 11.0 Å². The van der Waals surface area contributed by atoms with E-state index < -0.39 is 10.0 Å². The van der Waals surface area contributed by atoms with Gasteiger partial charge in [-0.15, -0.1) is 10.2 Å². The Bertz CT molecular complexity index is 1330. The van der Waals surface area contributed by atoms with E-state index in [9.17, 15) is 13.2 Å². The van der Waals surface area contributed by atoms with E-state index in [0.717, 1.165) is 36.8 Å².